The molecule has 11 nitrogen and oxygen atoms in total. The Morgan fingerprint density at radius 2 is 1.98 bits per heavy atom. The molecule has 4 aliphatic heterocycles. The second-order valence-electron chi connectivity index (χ2n) is 13.0. The summed E-state index contributed by atoms with van der Waals surface area (Å²) in [6, 6.07) is 11.8. The van der Waals surface area contributed by atoms with Gasteiger partial charge in [-0.25, -0.2) is 4.39 Å². The van der Waals surface area contributed by atoms with Crippen molar-refractivity contribution in [2.75, 3.05) is 65.9 Å². The summed E-state index contributed by atoms with van der Waals surface area (Å²) in [7, 11) is 6.91. The molecule has 1 amide bonds. The molecule has 2 N–H and O–H groups in total. The number of aliphatic imine (C=N–C) groups is 1. The maximum atomic E-state index is 12.6. The van der Waals surface area contributed by atoms with Gasteiger partial charge in [-0.15, -0.1) is 0 Å². The van der Waals surface area contributed by atoms with E-state index in [0.29, 0.717) is 50.5 Å². The van der Waals surface area contributed by atoms with Crippen LogP contribution in [0.4, 0.5) is 10.2 Å². The molecular weight excluding hydrogens is 597 g/mol. The lowest BCUT2D eigenvalue weighted by atomic mass is 9.90. The lowest BCUT2D eigenvalue weighted by Crippen LogP contribution is -2.37. The number of hydrogen-bond acceptors (Lipinski definition) is 10. The van der Waals surface area contributed by atoms with Gasteiger partial charge in [0.05, 0.1) is 25.1 Å². The first kappa shape index (κ1) is 34.3. The molecular formula is C35H48FN9O2. The first-order valence-corrected chi connectivity index (χ1v) is 16.6. The largest absolute Gasteiger partial charge is 0.467 e. The molecule has 1 aromatic carbocycles. The number of rotatable bonds is 6. The Morgan fingerprint density at radius 1 is 1.19 bits per heavy atom. The second kappa shape index (κ2) is 15.2. The number of nitrogens with zero attached hydrogens (tertiary/aromatic N) is 8. The molecule has 0 saturated carbocycles. The molecule has 4 aliphatic rings. The quantitative estimate of drug-likeness (QED) is 0.371. The van der Waals surface area contributed by atoms with Crippen LogP contribution in [0.25, 0.3) is 0 Å². The number of carbonyl (C=O) groups is 1. The first-order chi connectivity index (χ1) is 22.6. The Kier molecular flexibility index (Phi) is 11.1. The average molecular weight is 646 g/mol. The monoisotopic (exact) mass is 645 g/mol. The Balaban J connectivity index is 0.000000410. The van der Waals surface area contributed by atoms with Crippen LogP contribution in [0.5, 0.6) is 6.01 Å². The molecule has 0 aliphatic carbocycles. The van der Waals surface area contributed by atoms with E-state index in [1.54, 1.807) is 21.2 Å². The Hall–Kier alpha value is -4.08. The van der Waals surface area contributed by atoms with E-state index in [0.717, 1.165) is 49.3 Å². The first-order valence-electron chi connectivity index (χ1n) is 16.6. The number of carbonyl (C=O) groups excluding carboxylic acids is 1. The van der Waals surface area contributed by atoms with Gasteiger partial charge in [-0.1, -0.05) is 31.2 Å². The van der Waals surface area contributed by atoms with Gasteiger partial charge in [-0.2, -0.15) is 15.2 Å². The van der Waals surface area contributed by atoms with Crippen LogP contribution in [0.15, 0.2) is 40.5 Å². The minimum absolute atomic E-state index is 0.0995. The number of aryl methyl sites for hydroxylation is 1. The molecule has 0 spiro atoms. The van der Waals surface area contributed by atoms with Crippen LogP contribution in [-0.2, 0) is 24.2 Å². The fourth-order valence-electron chi connectivity index (χ4n) is 7.18. The van der Waals surface area contributed by atoms with E-state index >= 15 is 0 Å². The molecule has 12 heteroatoms. The van der Waals surface area contributed by atoms with E-state index in [-0.39, 0.29) is 17.3 Å². The van der Waals surface area contributed by atoms with Crippen LogP contribution in [0, 0.1) is 11.3 Å². The van der Waals surface area contributed by atoms with Crippen molar-refractivity contribution in [3.8, 4) is 12.1 Å². The van der Waals surface area contributed by atoms with E-state index in [1.807, 2.05) is 0 Å². The summed E-state index contributed by atoms with van der Waals surface area (Å²) >= 11 is 0. The Bertz CT molecular complexity index is 1540. The molecule has 5 heterocycles. The van der Waals surface area contributed by atoms with Gasteiger partial charge in [0, 0.05) is 64.3 Å². The van der Waals surface area contributed by atoms with E-state index in [2.05, 4.69) is 64.0 Å². The maximum absolute atomic E-state index is 12.6. The van der Waals surface area contributed by atoms with Crippen LogP contribution in [0.2, 0.25) is 0 Å². The second-order valence-corrected chi connectivity index (χ2v) is 13.0. The van der Waals surface area contributed by atoms with Crippen molar-refractivity contribution >= 4 is 17.4 Å². The number of hydrogen-bond donors (Lipinski definition) is 1. The van der Waals surface area contributed by atoms with Gasteiger partial charge < -0.3 is 20.3 Å². The third-order valence-electron chi connectivity index (χ3n) is 9.65. The molecule has 2 fully saturated rings. The zero-order valence-electron chi connectivity index (χ0n) is 28.4. The standard InChI is InChI=1S/C28H36N8O2.C7H12FN/c1-6-18-10-7-8-11-19(18)24-14-22-21(16-35(24)4)26(33-28(32-22)38-5)36-13-9-12-31-23(17-36)20(15-29)25(30)27(37)34(2)3;8-6-4-7-2-1-3-9(7)5-6/h7-8,10-11,24H,6,9,12-14,16-17,30H2,1-5H3;6-7H,1-5H2/b25-20-;. The van der Waals surface area contributed by atoms with Gasteiger partial charge in [0.1, 0.15) is 29.3 Å². The zero-order chi connectivity index (χ0) is 33.7. The number of likely N-dealkylation sites (N-methyl/N-ethyl adjacent to an activating group) is 2. The number of ether oxygens (including phenoxy) is 1. The van der Waals surface area contributed by atoms with Crippen molar-refractivity contribution in [2.24, 2.45) is 10.7 Å². The average Bonchev–Trinajstić information content (AvgIpc) is 3.56. The van der Waals surface area contributed by atoms with Crippen LogP contribution in [0.3, 0.4) is 0 Å². The number of anilines is 1. The maximum Gasteiger partial charge on any atom is 0.318 e. The summed E-state index contributed by atoms with van der Waals surface area (Å²) < 4.78 is 18.1. The summed E-state index contributed by atoms with van der Waals surface area (Å²) in [5.41, 5.74) is 11.3. The van der Waals surface area contributed by atoms with Crippen molar-refractivity contribution in [3.05, 3.63) is 57.9 Å². The number of aromatic nitrogens is 2. The van der Waals surface area contributed by atoms with E-state index in [1.165, 1.54) is 28.9 Å². The van der Waals surface area contributed by atoms with Gasteiger partial charge in [-0.3, -0.25) is 19.6 Å². The minimum Gasteiger partial charge on any atom is -0.467 e. The van der Waals surface area contributed by atoms with E-state index in [4.69, 9.17) is 20.4 Å². The Labute approximate surface area is 277 Å². The lowest BCUT2D eigenvalue weighted by molar-refractivity contribution is -0.124. The van der Waals surface area contributed by atoms with E-state index in [9.17, 15) is 14.4 Å². The van der Waals surface area contributed by atoms with Crippen molar-refractivity contribution in [3.63, 3.8) is 0 Å². The fraction of sp³-hybridized carbons (Fsp3) is 0.571. The third kappa shape index (κ3) is 7.57. The summed E-state index contributed by atoms with van der Waals surface area (Å²) in [5, 5.41) is 9.91. The molecule has 3 unspecified atom stereocenters. The molecule has 0 radical (unpaired) electrons. The molecule has 2 saturated heterocycles. The van der Waals surface area contributed by atoms with Crippen LogP contribution in [-0.4, -0.2) is 109 Å². The Morgan fingerprint density at radius 3 is 2.68 bits per heavy atom. The number of nitrogens with two attached hydrogens (primary N) is 1. The topological polar surface area (TPSA) is 127 Å². The predicted octanol–water partition coefficient (Wildman–Crippen LogP) is 3.45. The number of halogens is 1. The highest BCUT2D eigenvalue weighted by Crippen LogP contribution is 2.37. The number of amides is 1. The summed E-state index contributed by atoms with van der Waals surface area (Å²) in [6.07, 6.45) is 5.29. The molecule has 47 heavy (non-hydrogen) atoms. The van der Waals surface area contributed by atoms with Crippen LogP contribution < -0.4 is 15.4 Å². The number of methoxy groups -OCH3 is 1. The SMILES string of the molecule is CCc1ccccc1C1Cc2nc(OC)nc(N3CCCN=C(/C(C#N)=C(\N)C(=O)N(C)C)C3)c2CN1C.FC1CC2CCCN2C1. The number of nitriles is 1. The fourth-order valence-corrected chi connectivity index (χ4v) is 7.18. The van der Waals surface area contributed by atoms with Gasteiger partial charge in [0.15, 0.2) is 0 Å². The summed E-state index contributed by atoms with van der Waals surface area (Å²) in [5.74, 6) is 0.353. The van der Waals surface area contributed by atoms with Gasteiger partial charge >= 0.3 is 6.01 Å². The van der Waals surface area contributed by atoms with Gasteiger partial charge in [-0.05, 0) is 56.8 Å². The third-order valence-corrected chi connectivity index (χ3v) is 9.65. The summed E-state index contributed by atoms with van der Waals surface area (Å²) in [4.78, 5) is 34.8. The number of fused-ring (bicyclic) bond motifs is 2. The number of benzene rings is 1. The van der Waals surface area contributed by atoms with Crippen LogP contribution >= 0.6 is 0 Å². The highest BCUT2D eigenvalue weighted by atomic mass is 19.1. The minimum atomic E-state index is -0.518. The molecule has 2 aromatic rings. The van der Waals surface area contributed by atoms with Crippen molar-refractivity contribution < 1.29 is 13.9 Å². The van der Waals surface area contributed by atoms with Crippen LogP contribution in [0.1, 0.15) is 61.0 Å². The molecule has 3 atom stereocenters. The van der Waals surface area contributed by atoms with Gasteiger partial charge in [0.2, 0.25) is 0 Å². The molecule has 1 aromatic heterocycles. The normalized spacial score (nSPS) is 23.3. The van der Waals surface area contributed by atoms with Crippen molar-refractivity contribution in [1.29, 1.82) is 5.26 Å². The van der Waals surface area contributed by atoms with Crippen molar-refractivity contribution in [2.45, 2.75) is 70.2 Å². The molecule has 6 rings (SSSR count). The number of alkyl halides is 1. The molecule has 252 valence electrons. The lowest BCUT2D eigenvalue weighted by Gasteiger charge is -2.37. The highest BCUT2D eigenvalue weighted by Gasteiger charge is 2.35. The highest BCUT2D eigenvalue weighted by molar-refractivity contribution is 6.12. The predicted molar refractivity (Wildman–Crippen MR) is 181 cm³/mol. The van der Waals surface area contributed by atoms with E-state index < -0.39 is 12.1 Å². The summed E-state index contributed by atoms with van der Waals surface area (Å²) in [6.45, 7) is 6.23. The van der Waals surface area contributed by atoms with Gasteiger partial charge in [0.25, 0.3) is 5.91 Å². The smallest absolute Gasteiger partial charge is 0.318 e. The zero-order valence-corrected chi connectivity index (χ0v) is 28.4. The molecule has 0 bridgehead atoms. The van der Waals surface area contributed by atoms with Crippen molar-refractivity contribution in [1.82, 2.24) is 24.7 Å².